The Bertz CT molecular complexity index is 1690. The molecule has 0 saturated carbocycles. The Balaban J connectivity index is 1.80. The van der Waals surface area contributed by atoms with Crippen LogP contribution in [0.4, 0.5) is 10.1 Å². The SMILES string of the molecule is CCNC(=O)[C@H](Cc1ccccc1)N(Cc1ccccc1F)C(=O)CN(c1ccc(OCC)cc1)S(=O)(=O)c1ccc(Br)cc1. The number of nitrogens with zero attached hydrogens (tertiary/aromatic N) is 2. The summed E-state index contributed by atoms with van der Waals surface area (Å²) in [4.78, 5) is 29.1. The molecular weight excluding hydrogens is 661 g/mol. The summed E-state index contributed by atoms with van der Waals surface area (Å²) >= 11 is 3.33. The Morgan fingerprint density at radius 1 is 0.889 bits per heavy atom. The molecule has 0 bridgehead atoms. The molecule has 236 valence electrons. The van der Waals surface area contributed by atoms with Gasteiger partial charge in [-0.05, 0) is 74.0 Å². The first-order valence-electron chi connectivity index (χ1n) is 14.5. The van der Waals surface area contributed by atoms with Gasteiger partial charge in [0.1, 0.15) is 24.2 Å². The topological polar surface area (TPSA) is 96.0 Å². The summed E-state index contributed by atoms with van der Waals surface area (Å²) in [7, 11) is -4.27. The minimum absolute atomic E-state index is 0.0300. The van der Waals surface area contributed by atoms with Crippen LogP contribution in [0, 0.1) is 5.82 Å². The van der Waals surface area contributed by atoms with E-state index in [9.17, 15) is 22.4 Å². The lowest BCUT2D eigenvalue weighted by Crippen LogP contribution is -2.53. The molecule has 0 heterocycles. The van der Waals surface area contributed by atoms with E-state index in [0.717, 1.165) is 9.87 Å². The van der Waals surface area contributed by atoms with Crippen molar-refractivity contribution in [1.82, 2.24) is 10.2 Å². The van der Waals surface area contributed by atoms with Crippen molar-refractivity contribution in [2.24, 2.45) is 0 Å². The van der Waals surface area contributed by atoms with Gasteiger partial charge in [-0.2, -0.15) is 0 Å². The molecule has 4 aromatic carbocycles. The minimum atomic E-state index is -4.27. The van der Waals surface area contributed by atoms with Crippen molar-refractivity contribution in [3.05, 3.63) is 125 Å². The van der Waals surface area contributed by atoms with Crippen molar-refractivity contribution in [3.63, 3.8) is 0 Å². The largest absolute Gasteiger partial charge is 0.494 e. The highest BCUT2D eigenvalue weighted by Gasteiger charge is 2.35. The van der Waals surface area contributed by atoms with Gasteiger partial charge >= 0.3 is 0 Å². The third-order valence-electron chi connectivity index (χ3n) is 7.04. The van der Waals surface area contributed by atoms with Crippen molar-refractivity contribution < 1.29 is 27.1 Å². The van der Waals surface area contributed by atoms with Crippen LogP contribution < -0.4 is 14.4 Å². The van der Waals surface area contributed by atoms with Gasteiger partial charge in [-0.3, -0.25) is 13.9 Å². The lowest BCUT2D eigenvalue weighted by atomic mass is 10.0. The van der Waals surface area contributed by atoms with Gasteiger partial charge in [0.05, 0.1) is 17.2 Å². The zero-order valence-corrected chi connectivity index (χ0v) is 27.4. The Hall–Kier alpha value is -4.22. The predicted molar refractivity (Wildman–Crippen MR) is 176 cm³/mol. The van der Waals surface area contributed by atoms with Crippen molar-refractivity contribution in [2.45, 2.75) is 37.8 Å². The van der Waals surface area contributed by atoms with Crippen LogP contribution in [-0.4, -0.2) is 50.9 Å². The van der Waals surface area contributed by atoms with Gasteiger partial charge in [0.25, 0.3) is 10.0 Å². The van der Waals surface area contributed by atoms with Crippen molar-refractivity contribution in [2.75, 3.05) is 24.0 Å². The van der Waals surface area contributed by atoms with Crippen LogP contribution in [-0.2, 0) is 32.6 Å². The third-order valence-corrected chi connectivity index (χ3v) is 9.35. The average molecular weight is 697 g/mol. The number of amides is 2. The molecule has 1 atom stereocenters. The summed E-state index contributed by atoms with van der Waals surface area (Å²) in [5.41, 5.74) is 1.20. The van der Waals surface area contributed by atoms with Gasteiger partial charge in [-0.25, -0.2) is 12.8 Å². The average Bonchev–Trinajstić information content (AvgIpc) is 3.03. The fourth-order valence-electron chi connectivity index (χ4n) is 4.79. The maximum absolute atomic E-state index is 15.0. The van der Waals surface area contributed by atoms with Gasteiger partial charge in [0.15, 0.2) is 0 Å². The molecule has 45 heavy (non-hydrogen) atoms. The third kappa shape index (κ3) is 8.70. The highest BCUT2D eigenvalue weighted by Crippen LogP contribution is 2.28. The molecule has 0 saturated heterocycles. The van der Waals surface area contributed by atoms with E-state index < -0.39 is 40.2 Å². The second kappa shape index (κ2) is 15.7. The number of rotatable bonds is 14. The predicted octanol–water partition coefficient (Wildman–Crippen LogP) is 5.96. The standard InChI is InChI=1S/C34H35BrFN3O5S/c1-3-37-34(41)32(22-25-10-6-5-7-11-25)38(23-26-12-8-9-13-31(26)36)33(40)24-39(28-16-18-29(19-17-28)44-4-2)45(42,43)30-20-14-27(35)15-21-30/h5-21,32H,3-4,22-24H2,1-2H3,(H,37,41)/t32-/m0/s1. The molecule has 0 aromatic heterocycles. The number of carbonyl (C=O) groups excluding carboxylic acids is 2. The monoisotopic (exact) mass is 695 g/mol. The maximum Gasteiger partial charge on any atom is 0.264 e. The number of carbonyl (C=O) groups is 2. The normalized spacial score (nSPS) is 11.8. The van der Waals surface area contributed by atoms with E-state index in [-0.39, 0.29) is 29.1 Å². The lowest BCUT2D eigenvalue weighted by molar-refractivity contribution is -0.140. The maximum atomic E-state index is 15.0. The molecular formula is C34H35BrFN3O5S. The van der Waals surface area contributed by atoms with E-state index in [1.54, 1.807) is 49.4 Å². The van der Waals surface area contributed by atoms with Gasteiger partial charge in [-0.15, -0.1) is 0 Å². The molecule has 0 aliphatic rings. The Morgan fingerprint density at radius 3 is 2.16 bits per heavy atom. The quantitative estimate of drug-likeness (QED) is 0.176. The van der Waals surface area contributed by atoms with Crippen molar-refractivity contribution in [1.29, 1.82) is 0 Å². The highest BCUT2D eigenvalue weighted by molar-refractivity contribution is 9.10. The van der Waals surface area contributed by atoms with Crippen LogP contribution in [0.15, 0.2) is 112 Å². The summed E-state index contributed by atoms with van der Waals surface area (Å²) in [6, 6.07) is 26.5. The van der Waals surface area contributed by atoms with Gasteiger partial charge in [0.2, 0.25) is 11.8 Å². The number of hydrogen-bond donors (Lipinski definition) is 1. The molecule has 1 N–H and O–H groups in total. The molecule has 0 spiro atoms. The summed E-state index contributed by atoms with van der Waals surface area (Å²) in [6.45, 7) is 3.43. The van der Waals surface area contributed by atoms with Crippen molar-refractivity contribution in [3.8, 4) is 5.75 Å². The molecule has 0 fully saturated rings. The molecule has 0 unspecified atom stereocenters. The van der Waals surface area contributed by atoms with Gasteiger partial charge < -0.3 is 15.0 Å². The molecule has 4 aromatic rings. The number of halogens is 2. The summed E-state index contributed by atoms with van der Waals surface area (Å²) in [5, 5.41) is 2.79. The van der Waals surface area contributed by atoms with E-state index in [0.29, 0.717) is 23.4 Å². The van der Waals surface area contributed by atoms with Crippen LogP contribution in [0.5, 0.6) is 5.75 Å². The number of sulfonamides is 1. The summed E-state index contributed by atoms with van der Waals surface area (Å²) < 4.78 is 50.4. The molecule has 0 aliphatic heterocycles. The fourth-order valence-corrected chi connectivity index (χ4v) is 6.47. The van der Waals surface area contributed by atoms with E-state index in [1.807, 2.05) is 37.3 Å². The first-order chi connectivity index (χ1) is 21.6. The van der Waals surface area contributed by atoms with E-state index >= 15 is 0 Å². The van der Waals surface area contributed by atoms with Crippen LogP contribution in [0.2, 0.25) is 0 Å². The number of hydrogen-bond acceptors (Lipinski definition) is 5. The van der Waals surface area contributed by atoms with Crippen molar-refractivity contribution >= 4 is 43.5 Å². The van der Waals surface area contributed by atoms with E-state index in [4.69, 9.17) is 4.74 Å². The highest BCUT2D eigenvalue weighted by atomic mass is 79.9. The Labute approximate surface area is 272 Å². The van der Waals surface area contributed by atoms with Crippen LogP contribution in [0.3, 0.4) is 0 Å². The van der Waals surface area contributed by atoms with Gasteiger partial charge in [-0.1, -0.05) is 64.5 Å². The Kier molecular flexibility index (Phi) is 11.7. The number of benzene rings is 4. The first-order valence-corrected chi connectivity index (χ1v) is 16.7. The van der Waals surface area contributed by atoms with Crippen LogP contribution in [0.25, 0.3) is 0 Å². The molecule has 0 radical (unpaired) electrons. The molecule has 8 nitrogen and oxygen atoms in total. The molecule has 2 amide bonds. The zero-order valence-electron chi connectivity index (χ0n) is 25.0. The molecule has 4 rings (SSSR count). The van der Waals surface area contributed by atoms with Crippen LogP contribution >= 0.6 is 15.9 Å². The first kappa shape index (κ1) is 33.7. The molecule has 11 heteroatoms. The lowest BCUT2D eigenvalue weighted by Gasteiger charge is -2.34. The second-order valence-electron chi connectivity index (χ2n) is 10.1. The summed E-state index contributed by atoms with van der Waals surface area (Å²) in [6.07, 6.45) is 0.134. The zero-order chi connectivity index (χ0) is 32.4. The number of ether oxygens (including phenoxy) is 1. The molecule has 0 aliphatic carbocycles. The Morgan fingerprint density at radius 2 is 1.53 bits per heavy atom. The summed E-state index contributed by atoms with van der Waals surface area (Å²) in [5.74, 6) is -1.13. The van der Waals surface area contributed by atoms with E-state index in [1.165, 1.54) is 35.2 Å². The fraction of sp³-hybridized carbons (Fsp3) is 0.235. The number of nitrogens with one attached hydrogen (secondary N) is 1. The van der Waals surface area contributed by atoms with Crippen LogP contribution in [0.1, 0.15) is 25.0 Å². The van der Waals surface area contributed by atoms with E-state index in [2.05, 4.69) is 21.2 Å². The second-order valence-corrected chi connectivity index (χ2v) is 12.9. The minimum Gasteiger partial charge on any atom is -0.494 e. The smallest absolute Gasteiger partial charge is 0.264 e. The number of anilines is 1. The van der Waals surface area contributed by atoms with Gasteiger partial charge in [0, 0.05) is 29.5 Å². The number of likely N-dealkylation sites (N-methyl/N-ethyl adjacent to an activating group) is 1.